The van der Waals surface area contributed by atoms with Gasteiger partial charge in [-0.05, 0) is 6.42 Å². The molecule has 0 aromatic heterocycles. The third kappa shape index (κ3) is 1.04. The maximum Gasteiger partial charge on any atom is 0.0903 e. The smallest absolute Gasteiger partial charge is 0.0903 e. The molecule has 1 rings (SSSR count). The Kier molecular flexibility index (Phi) is 1.60. The van der Waals surface area contributed by atoms with Crippen LogP contribution in [0.4, 0.5) is 0 Å². The van der Waals surface area contributed by atoms with Crippen LogP contribution in [0, 0.1) is 0 Å². The van der Waals surface area contributed by atoms with Gasteiger partial charge in [0, 0.05) is 13.1 Å². The molecular formula is C3H7N2P. The largest absolute Gasteiger partial charge is 0.255 e. The average molecular weight is 102 g/mol. The third-order valence-corrected chi connectivity index (χ3v) is 1.39. The maximum atomic E-state index is 4.04. The van der Waals surface area contributed by atoms with E-state index in [2.05, 4.69) is 9.83 Å². The highest BCUT2D eigenvalue weighted by atomic mass is 31.1. The molecule has 0 radical (unpaired) electrons. The summed E-state index contributed by atoms with van der Waals surface area (Å²) >= 11 is 0. The molecule has 0 fully saturated rings. The van der Waals surface area contributed by atoms with Crippen LogP contribution in [-0.2, 0) is 0 Å². The van der Waals surface area contributed by atoms with Crippen molar-refractivity contribution >= 4 is 8.52 Å². The molecule has 0 aliphatic carbocycles. The van der Waals surface area contributed by atoms with Crippen LogP contribution in [0.3, 0.4) is 0 Å². The van der Waals surface area contributed by atoms with Crippen LogP contribution in [0.1, 0.15) is 6.42 Å². The molecule has 1 N–H and O–H groups in total. The second-order valence-electron chi connectivity index (χ2n) is 1.23. The van der Waals surface area contributed by atoms with Crippen molar-refractivity contribution in [2.75, 3.05) is 13.1 Å². The Morgan fingerprint density at radius 1 is 1.67 bits per heavy atom. The quantitative estimate of drug-likeness (QED) is 0.454. The lowest BCUT2D eigenvalue weighted by Crippen LogP contribution is -2.05. The molecule has 2 nitrogen and oxygen atoms in total. The van der Waals surface area contributed by atoms with Gasteiger partial charge in [0.05, 0.1) is 8.52 Å². The molecular weight excluding hydrogens is 95.0 g/mol. The van der Waals surface area contributed by atoms with Crippen LogP contribution in [0.25, 0.3) is 0 Å². The van der Waals surface area contributed by atoms with Gasteiger partial charge in [0.15, 0.2) is 0 Å². The highest BCUT2D eigenvalue weighted by Crippen LogP contribution is 1.98. The van der Waals surface area contributed by atoms with E-state index in [1.54, 1.807) is 0 Å². The van der Waals surface area contributed by atoms with Crippen molar-refractivity contribution in [1.82, 2.24) is 5.09 Å². The Bertz CT molecular complexity index is 53.8. The minimum Gasteiger partial charge on any atom is -0.255 e. The molecule has 6 heavy (non-hydrogen) atoms. The molecule has 0 amide bonds. The first-order valence-corrected chi connectivity index (χ1v) is 2.94. The molecule has 0 aromatic rings. The molecule has 1 aliphatic heterocycles. The van der Waals surface area contributed by atoms with E-state index < -0.39 is 0 Å². The van der Waals surface area contributed by atoms with Gasteiger partial charge in [0.2, 0.25) is 0 Å². The second kappa shape index (κ2) is 2.27. The molecule has 0 saturated carbocycles. The zero-order valence-electron chi connectivity index (χ0n) is 3.52. The zero-order chi connectivity index (χ0) is 4.24. The minimum absolute atomic E-state index is 1.05. The van der Waals surface area contributed by atoms with Crippen molar-refractivity contribution in [3.63, 3.8) is 0 Å². The van der Waals surface area contributed by atoms with Crippen LogP contribution in [0.5, 0.6) is 0 Å². The molecule has 0 aromatic carbocycles. The Labute approximate surface area is 38.9 Å². The van der Waals surface area contributed by atoms with Crippen molar-refractivity contribution in [2.45, 2.75) is 6.42 Å². The van der Waals surface area contributed by atoms with Crippen LogP contribution in [0.15, 0.2) is 4.74 Å². The van der Waals surface area contributed by atoms with Gasteiger partial charge in [0.25, 0.3) is 0 Å². The SMILES string of the molecule is C1CN=PNC1. The van der Waals surface area contributed by atoms with E-state index in [1.165, 1.54) is 6.42 Å². The van der Waals surface area contributed by atoms with E-state index in [1.807, 2.05) is 0 Å². The number of hydrogen-bond donors (Lipinski definition) is 1. The summed E-state index contributed by atoms with van der Waals surface area (Å²) in [5, 5.41) is 3.09. The Hall–Kier alpha value is 0.0600. The van der Waals surface area contributed by atoms with Crippen molar-refractivity contribution in [2.24, 2.45) is 4.74 Å². The van der Waals surface area contributed by atoms with Crippen molar-refractivity contribution in [3.8, 4) is 0 Å². The Morgan fingerprint density at radius 2 is 2.67 bits per heavy atom. The minimum atomic E-state index is 1.05. The number of rotatable bonds is 0. The van der Waals surface area contributed by atoms with E-state index in [4.69, 9.17) is 0 Å². The van der Waals surface area contributed by atoms with Crippen LogP contribution in [0.2, 0.25) is 0 Å². The summed E-state index contributed by atoms with van der Waals surface area (Å²) < 4.78 is 4.04. The molecule has 1 heterocycles. The summed E-state index contributed by atoms with van der Waals surface area (Å²) in [6, 6.07) is 0. The van der Waals surface area contributed by atoms with Crippen molar-refractivity contribution in [1.29, 1.82) is 0 Å². The van der Waals surface area contributed by atoms with Crippen LogP contribution in [-0.4, -0.2) is 13.1 Å². The van der Waals surface area contributed by atoms with Crippen molar-refractivity contribution in [3.05, 3.63) is 0 Å². The van der Waals surface area contributed by atoms with Crippen molar-refractivity contribution < 1.29 is 0 Å². The van der Waals surface area contributed by atoms with Gasteiger partial charge in [-0.25, -0.2) is 0 Å². The zero-order valence-corrected chi connectivity index (χ0v) is 4.41. The van der Waals surface area contributed by atoms with Gasteiger partial charge in [-0.3, -0.25) is 9.83 Å². The van der Waals surface area contributed by atoms with Gasteiger partial charge >= 0.3 is 0 Å². The Balaban J connectivity index is 2.26. The average Bonchev–Trinajstić information content (AvgIpc) is 1.72. The van der Waals surface area contributed by atoms with E-state index in [9.17, 15) is 0 Å². The lowest BCUT2D eigenvalue weighted by atomic mass is 10.4. The number of nitrogens with one attached hydrogen (secondary N) is 1. The predicted octanol–water partition coefficient (Wildman–Crippen LogP) is 1.02. The van der Waals surface area contributed by atoms with Gasteiger partial charge in [-0.1, -0.05) is 0 Å². The number of hydrogen-bond acceptors (Lipinski definition) is 2. The summed E-state index contributed by atoms with van der Waals surface area (Å²) in [7, 11) is 1.07. The molecule has 0 spiro atoms. The molecule has 1 aliphatic rings. The van der Waals surface area contributed by atoms with Gasteiger partial charge < -0.3 is 0 Å². The van der Waals surface area contributed by atoms with E-state index >= 15 is 0 Å². The first kappa shape index (κ1) is 4.23. The number of nitrogens with zero attached hydrogens (tertiary/aromatic N) is 1. The standard InChI is InChI=1S/C3H7N2P/c1-2-4-6-5-3-1/h1-3H2,(H,4,5). The highest BCUT2D eigenvalue weighted by Gasteiger charge is 1.87. The summed E-state index contributed by atoms with van der Waals surface area (Å²) in [6.45, 7) is 2.19. The fraction of sp³-hybridized carbons (Fsp3) is 1.00. The third-order valence-electron chi connectivity index (χ3n) is 0.688. The summed E-state index contributed by atoms with van der Waals surface area (Å²) in [4.78, 5) is 0. The topological polar surface area (TPSA) is 24.4 Å². The summed E-state index contributed by atoms with van der Waals surface area (Å²) in [5.74, 6) is 0. The fourth-order valence-corrected chi connectivity index (χ4v) is 0.978. The highest BCUT2D eigenvalue weighted by molar-refractivity contribution is 7.24. The summed E-state index contributed by atoms with van der Waals surface area (Å²) in [6.07, 6.45) is 1.22. The molecule has 3 heteroatoms. The van der Waals surface area contributed by atoms with Crippen LogP contribution < -0.4 is 5.09 Å². The van der Waals surface area contributed by atoms with Gasteiger partial charge in [-0.2, -0.15) is 0 Å². The van der Waals surface area contributed by atoms with E-state index in [-0.39, 0.29) is 0 Å². The molecule has 34 valence electrons. The van der Waals surface area contributed by atoms with Gasteiger partial charge in [-0.15, -0.1) is 0 Å². The van der Waals surface area contributed by atoms with E-state index in [0.29, 0.717) is 0 Å². The molecule has 0 saturated heterocycles. The lowest BCUT2D eigenvalue weighted by Gasteiger charge is -1.98. The predicted molar refractivity (Wildman–Crippen MR) is 26.8 cm³/mol. The van der Waals surface area contributed by atoms with Gasteiger partial charge in [0.1, 0.15) is 0 Å². The Morgan fingerprint density at radius 3 is 2.83 bits per heavy atom. The first-order chi connectivity index (χ1) is 3.00. The second-order valence-corrected chi connectivity index (χ2v) is 2.03. The molecule has 0 atom stereocenters. The first-order valence-electron chi connectivity index (χ1n) is 2.09. The normalized spacial score (nSPS) is 24.0. The fourth-order valence-electron chi connectivity index (χ4n) is 0.379. The van der Waals surface area contributed by atoms with E-state index in [0.717, 1.165) is 21.6 Å². The maximum absolute atomic E-state index is 4.04. The molecule has 0 bridgehead atoms. The monoisotopic (exact) mass is 102 g/mol. The van der Waals surface area contributed by atoms with Crippen LogP contribution >= 0.6 is 8.52 Å². The molecule has 0 unspecified atom stereocenters. The lowest BCUT2D eigenvalue weighted by molar-refractivity contribution is 0.787. The summed E-state index contributed by atoms with van der Waals surface area (Å²) in [5.41, 5.74) is 0.